The molecule has 1 aromatic carbocycles. The van der Waals surface area contributed by atoms with E-state index in [2.05, 4.69) is 22.5 Å². The number of hydrogen-bond donors (Lipinski definition) is 0. The van der Waals surface area contributed by atoms with E-state index in [0.717, 1.165) is 5.56 Å². The van der Waals surface area contributed by atoms with Gasteiger partial charge in [-0.2, -0.15) is 0 Å². The normalized spacial score (nSPS) is 11.0. The molecule has 0 aromatic heterocycles. The van der Waals surface area contributed by atoms with Gasteiger partial charge in [0, 0.05) is 10.0 Å². The molecule has 4 heteroatoms. The van der Waals surface area contributed by atoms with Gasteiger partial charge >= 0.3 is 5.97 Å². The zero-order chi connectivity index (χ0) is 14.6. The molecule has 0 atom stereocenters. The maximum Gasteiger partial charge on any atom is 0.339 e. The monoisotopic (exact) mass is 326 g/mol. The van der Waals surface area contributed by atoms with Crippen LogP contribution in [0.15, 0.2) is 29.3 Å². The second-order valence-electron chi connectivity index (χ2n) is 5.05. The third-order valence-electron chi connectivity index (χ3n) is 2.23. The van der Waals surface area contributed by atoms with Crippen LogP contribution in [0.3, 0.4) is 0 Å². The summed E-state index contributed by atoms with van der Waals surface area (Å²) in [6, 6.07) is 5.35. The highest BCUT2D eigenvalue weighted by atomic mass is 79.9. The summed E-state index contributed by atoms with van der Waals surface area (Å²) in [4.78, 5) is 12.1. The number of ether oxygens (including phenoxy) is 2. The van der Waals surface area contributed by atoms with Gasteiger partial charge in [0.15, 0.2) is 0 Å². The smallest absolute Gasteiger partial charge is 0.339 e. The fourth-order valence-corrected chi connectivity index (χ4v) is 1.85. The third-order valence-corrected chi connectivity index (χ3v) is 2.92. The highest BCUT2D eigenvalue weighted by Gasteiger charge is 2.20. The molecule has 0 radical (unpaired) electrons. The Bertz CT molecular complexity index is 487. The summed E-state index contributed by atoms with van der Waals surface area (Å²) in [6.07, 6.45) is 0. The van der Waals surface area contributed by atoms with Gasteiger partial charge in [0.1, 0.15) is 11.4 Å². The van der Waals surface area contributed by atoms with Crippen molar-refractivity contribution in [3.63, 3.8) is 0 Å². The van der Waals surface area contributed by atoms with Crippen LogP contribution < -0.4 is 0 Å². The Balaban J connectivity index is 3.04. The molecule has 0 aliphatic rings. The molecule has 0 aliphatic carbocycles. The lowest BCUT2D eigenvalue weighted by atomic mass is 10.1. The average Bonchev–Trinajstić information content (AvgIpc) is 2.27. The van der Waals surface area contributed by atoms with Gasteiger partial charge in [0.05, 0.1) is 12.2 Å². The molecule has 104 valence electrons. The first-order valence-electron chi connectivity index (χ1n) is 6.09. The van der Waals surface area contributed by atoms with Crippen molar-refractivity contribution in [3.8, 4) is 0 Å². The number of benzene rings is 1. The lowest BCUT2D eigenvalue weighted by Crippen LogP contribution is -2.24. The first kappa shape index (κ1) is 15.8. The molecule has 0 amide bonds. The minimum absolute atomic E-state index is 0.370. The summed E-state index contributed by atoms with van der Waals surface area (Å²) < 4.78 is 11.4. The average molecular weight is 327 g/mol. The minimum atomic E-state index is -0.524. The lowest BCUT2D eigenvalue weighted by molar-refractivity contribution is 0.00684. The Morgan fingerprint density at radius 1 is 1.37 bits per heavy atom. The van der Waals surface area contributed by atoms with Gasteiger partial charge in [-0.25, -0.2) is 4.79 Å². The van der Waals surface area contributed by atoms with E-state index in [-0.39, 0.29) is 5.97 Å². The molecule has 0 heterocycles. The second-order valence-corrected chi connectivity index (χ2v) is 5.91. The van der Waals surface area contributed by atoms with Gasteiger partial charge in [0.25, 0.3) is 0 Å². The van der Waals surface area contributed by atoms with Crippen LogP contribution in [0.5, 0.6) is 0 Å². The Hall–Kier alpha value is -1.29. The molecule has 1 rings (SSSR count). The van der Waals surface area contributed by atoms with Gasteiger partial charge in [0.2, 0.25) is 0 Å². The highest BCUT2D eigenvalue weighted by Crippen LogP contribution is 2.24. The standard InChI is InChI=1S/C15H19BrO3/c1-6-18-10(2)11-7-8-13(16)12(9-11)14(17)19-15(3,4)5/h7-9H,2,6H2,1,3-5H3. The Morgan fingerprint density at radius 2 is 2.00 bits per heavy atom. The minimum Gasteiger partial charge on any atom is -0.494 e. The van der Waals surface area contributed by atoms with E-state index in [4.69, 9.17) is 9.47 Å². The molecule has 0 saturated heterocycles. The molecule has 0 spiro atoms. The summed E-state index contributed by atoms with van der Waals surface area (Å²) in [7, 11) is 0. The lowest BCUT2D eigenvalue weighted by Gasteiger charge is -2.20. The Labute approximate surface area is 122 Å². The maximum atomic E-state index is 12.1. The molecular weight excluding hydrogens is 308 g/mol. The van der Waals surface area contributed by atoms with Gasteiger partial charge < -0.3 is 9.47 Å². The van der Waals surface area contributed by atoms with Crippen LogP contribution in [0.4, 0.5) is 0 Å². The van der Waals surface area contributed by atoms with Crippen LogP contribution in [-0.2, 0) is 9.47 Å². The first-order valence-corrected chi connectivity index (χ1v) is 6.89. The van der Waals surface area contributed by atoms with E-state index in [0.29, 0.717) is 22.4 Å². The zero-order valence-corrected chi connectivity index (χ0v) is 13.3. The first-order chi connectivity index (χ1) is 8.74. The summed E-state index contributed by atoms with van der Waals surface area (Å²) >= 11 is 3.36. The van der Waals surface area contributed by atoms with Crippen LogP contribution >= 0.6 is 15.9 Å². The van der Waals surface area contributed by atoms with Crippen molar-refractivity contribution in [3.05, 3.63) is 40.4 Å². The summed E-state index contributed by atoms with van der Waals surface area (Å²) in [5, 5.41) is 0. The summed E-state index contributed by atoms with van der Waals surface area (Å²) in [5.41, 5.74) is 0.711. The van der Waals surface area contributed by atoms with Crippen molar-refractivity contribution in [1.82, 2.24) is 0 Å². The van der Waals surface area contributed by atoms with Crippen LogP contribution in [0.2, 0.25) is 0 Å². The molecule has 0 fully saturated rings. The predicted octanol–water partition coefficient (Wildman–Crippen LogP) is 4.41. The predicted molar refractivity (Wildman–Crippen MR) is 80.0 cm³/mol. The SMILES string of the molecule is C=C(OCC)c1ccc(Br)c(C(=O)OC(C)(C)C)c1. The van der Waals surface area contributed by atoms with Crippen LogP contribution in [0.1, 0.15) is 43.6 Å². The van der Waals surface area contributed by atoms with Crippen molar-refractivity contribution in [2.45, 2.75) is 33.3 Å². The molecule has 0 N–H and O–H groups in total. The molecule has 0 bridgehead atoms. The Morgan fingerprint density at radius 3 is 2.53 bits per heavy atom. The Kier molecular flexibility index (Phi) is 5.18. The van der Waals surface area contributed by atoms with Crippen molar-refractivity contribution < 1.29 is 14.3 Å². The maximum absolute atomic E-state index is 12.1. The molecule has 0 aliphatic heterocycles. The topological polar surface area (TPSA) is 35.5 Å². The van der Waals surface area contributed by atoms with E-state index >= 15 is 0 Å². The van der Waals surface area contributed by atoms with Crippen molar-refractivity contribution in [1.29, 1.82) is 0 Å². The number of halogens is 1. The molecule has 1 aromatic rings. The number of carbonyl (C=O) groups excluding carboxylic acids is 1. The van der Waals surface area contributed by atoms with E-state index in [1.807, 2.05) is 33.8 Å². The summed E-state index contributed by atoms with van der Waals surface area (Å²) in [6.45, 7) is 11.8. The molecular formula is C15H19BrO3. The summed E-state index contributed by atoms with van der Waals surface area (Å²) in [5.74, 6) is 0.172. The molecule has 0 saturated carbocycles. The van der Waals surface area contributed by atoms with Crippen molar-refractivity contribution in [2.24, 2.45) is 0 Å². The van der Waals surface area contributed by atoms with Crippen LogP contribution in [-0.4, -0.2) is 18.2 Å². The van der Waals surface area contributed by atoms with Crippen LogP contribution in [0, 0.1) is 0 Å². The molecule has 19 heavy (non-hydrogen) atoms. The fourth-order valence-electron chi connectivity index (χ4n) is 1.45. The highest BCUT2D eigenvalue weighted by molar-refractivity contribution is 9.10. The van der Waals surface area contributed by atoms with Crippen molar-refractivity contribution >= 4 is 27.7 Å². The number of carbonyl (C=O) groups is 1. The van der Waals surface area contributed by atoms with E-state index in [9.17, 15) is 4.79 Å². The van der Waals surface area contributed by atoms with E-state index in [1.54, 1.807) is 12.1 Å². The van der Waals surface area contributed by atoms with Gasteiger partial charge in [-0.15, -0.1) is 0 Å². The second kappa shape index (κ2) is 6.24. The van der Waals surface area contributed by atoms with Crippen LogP contribution in [0.25, 0.3) is 5.76 Å². The molecule has 3 nitrogen and oxygen atoms in total. The van der Waals surface area contributed by atoms with E-state index < -0.39 is 5.60 Å². The van der Waals surface area contributed by atoms with E-state index in [1.165, 1.54) is 0 Å². The number of esters is 1. The largest absolute Gasteiger partial charge is 0.494 e. The number of rotatable bonds is 4. The molecule has 0 unspecified atom stereocenters. The third kappa shape index (κ3) is 4.71. The number of hydrogen-bond acceptors (Lipinski definition) is 3. The zero-order valence-electron chi connectivity index (χ0n) is 11.7. The fraction of sp³-hybridized carbons (Fsp3) is 0.400. The van der Waals surface area contributed by atoms with Gasteiger partial charge in [-0.1, -0.05) is 12.6 Å². The van der Waals surface area contributed by atoms with Gasteiger partial charge in [-0.3, -0.25) is 0 Å². The van der Waals surface area contributed by atoms with Gasteiger partial charge in [-0.05, 0) is 55.8 Å². The quantitative estimate of drug-likeness (QED) is 0.607. The van der Waals surface area contributed by atoms with Crippen molar-refractivity contribution in [2.75, 3.05) is 6.61 Å².